The lowest BCUT2D eigenvalue weighted by Crippen LogP contribution is -2.18. The van der Waals surface area contributed by atoms with Gasteiger partial charge in [-0.25, -0.2) is 4.39 Å². The van der Waals surface area contributed by atoms with E-state index in [1.54, 1.807) is 13.1 Å². The highest BCUT2D eigenvalue weighted by Gasteiger charge is 2.12. The average molecular weight is 233 g/mol. The van der Waals surface area contributed by atoms with Crippen LogP contribution in [0.1, 0.15) is 31.7 Å². The number of halogens is 1. The molecule has 1 aromatic heterocycles. The van der Waals surface area contributed by atoms with Crippen molar-refractivity contribution in [2.24, 2.45) is 7.05 Å². The molecule has 0 aliphatic carbocycles. The summed E-state index contributed by atoms with van der Waals surface area (Å²) in [6.45, 7) is 4.22. The van der Waals surface area contributed by atoms with Crippen LogP contribution in [0.2, 0.25) is 0 Å². The predicted molar refractivity (Wildman–Crippen MR) is 67.9 cm³/mol. The predicted octanol–water partition coefficient (Wildman–Crippen LogP) is 3.19. The zero-order chi connectivity index (χ0) is 12.6. The normalized spacial score (nSPS) is 12.9. The van der Waals surface area contributed by atoms with Crippen LogP contribution >= 0.6 is 0 Å². The Morgan fingerprint density at radius 1 is 1.35 bits per heavy atom. The maximum absolute atomic E-state index is 13.2. The molecule has 0 spiro atoms. The third-order valence-electron chi connectivity index (χ3n) is 3.32. The lowest BCUT2D eigenvalue weighted by atomic mass is 9.95. The summed E-state index contributed by atoms with van der Waals surface area (Å²) >= 11 is 0. The summed E-state index contributed by atoms with van der Waals surface area (Å²) in [6.07, 6.45) is 2.85. The average Bonchev–Trinajstić information content (AvgIpc) is 2.33. The van der Waals surface area contributed by atoms with Crippen molar-refractivity contribution < 1.29 is 4.39 Å². The molecular weight excluding hydrogens is 217 g/mol. The van der Waals surface area contributed by atoms with E-state index in [0.29, 0.717) is 11.3 Å². The Kier molecular flexibility index (Phi) is 3.01. The van der Waals surface area contributed by atoms with Gasteiger partial charge in [0.05, 0.1) is 5.39 Å². The zero-order valence-corrected chi connectivity index (χ0v) is 10.3. The molecule has 0 saturated carbocycles. The van der Waals surface area contributed by atoms with Crippen LogP contribution in [0.15, 0.2) is 29.2 Å². The van der Waals surface area contributed by atoms with Crippen LogP contribution in [0.25, 0.3) is 10.8 Å². The third-order valence-corrected chi connectivity index (χ3v) is 3.32. The number of hydrogen-bond acceptors (Lipinski definition) is 1. The molecule has 0 bridgehead atoms. The van der Waals surface area contributed by atoms with E-state index >= 15 is 0 Å². The molecule has 1 atom stereocenters. The molecule has 90 valence electrons. The van der Waals surface area contributed by atoms with Gasteiger partial charge < -0.3 is 4.57 Å². The van der Waals surface area contributed by atoms with Crippen molar-refractivity contribution in [2.75, 3.05) is 0 Å². The van der Waals surface area contributed by atoms with Gasteiger partial charge in [0, 0.05) is 13.2 Å². The monoisotopic (exact) mass is 233 g/mol. The van der Waals surface area contributed by atoms with E-state index in [2.05, 4.69) is 13.8 Å². The SMILES string of the molecule is CCC(C)c1cn(C)c(=O)c2cc(F)ccc12. The Morgan fingerprint density at radius 2 is 2.06 bits per heavy atom. The van der Waals surface area contributed by atoms with Crippen LogP contribution in [0.5, 0.6) is 0 Å². The van der Waals surface area contributed by atoms with Crippen molar-refractivity contribution in [3.8, 4) is 0 Å². The Hall–Kier alpha value is -1.64. The summed E-state index contributed by atoms with van der Waals surface area (Å²) in [5, 5.41) is 1.33. The van der Waals surface area contributed by atoms with Crippen molar-refractivity contribution >= 4 is 10.8 Å². The molecule has 0 saturated heterocycles. The fraction of sp³-hybridized carbons (Fsp3) is 0.357. The molecule has 0 aliphatic heterocycles. The Bertz CT molecular complexity index is 615. The Balaban J connectivity index is 2.87. The molecule has 0 radical (unpaired) electrons. The third kappa shape index (κ3) is 1.97. The number of pyridine rings is 1. The van der Waals surface area contributed by atoms with E-state index in [1.165, 1.54) is 16.7 Å². The van der Waals surface area contributed by atoms with Gasteiger partial charge in [0.25, 0.3) is 5.56 Å². The molecule has 0 fully saturated rings. The van der Waals surface area contributed by atoms with Crippen LogP contribution < -0.4 is 5.56 Å². The lowest BCUT2D eigenvalue weighted by molar-refractivity contribution is 0.629. The van der Waals surface area contributed by atoms with Gasteiger partial charge in [0.1, 0.15) is 5.82 Å². The van der Waals surface area contributed by atoms with E-state index in [0.717, 1.165) is 17.4 Å². The summed E-state index contributed by atoms with van der Waals surface area (Å²) < 4.78 is 14.7. The number of nitrogens with zero attached hydrogens (tertiary/aromatic N) is 1. The van der Waals surface area contributed by atoms with Crippen LogP contribution in [0.4, 0.5) is 4.39 Å². The molecule has 0 aliphatic rings. The smallest absolute Gasteiger partial charge is 0.258 e. The number of rotatable bonds is 2. The minimum atomic E-state index is -0.365. The lowest BCUT2D eigenvalue weighted by Gasteiger charge is -2.14. The number of aryl methyl sites for hydroxylation is 1. The van der Waals surface area contributed by atoms with Gasteiger partial charge >= 0.3 is 0 Å². The standard InChI is InChI=1S/C14H16FNO/c1-4-9(2)13-8-16(3)14(17)12-7-10(15)5-6-11(12)13/h5-9H,4H2,1-3H3. The van der Waals surface area contributed by atoms with E-state index in [9.17, 15) is 9.18 Å². The second-order valence-corrected chi connectivity index (χ2v) is 4.50. The molecule has 17 heavy (non-hydrogen) atoms. The molecule has 2 rings (SSSR count). The van der Waals surface area contributed by atoms with Gasteiger partial charge in [-0.15, -0.1) is 0 Å². The van der Waals surface area contributed by atoms with E-state index in [-0.39, 0.29) is 11.4 Å². The molecular formula is C14H16FNO. The van der Waals surface area contributed by atoms with Crippen LogP contribution in [-0.2, 0) is 7.05 Å². The van der Waals surface area contributed by atoms with Crippen molar-refractivity contribution in [3.63, 3.8) is 0 Å². The topological polar surface area (TPSA) is 22.0 Å². The molecule has 0 N–H and O–H groups in total. The maximum Gasteiger partial charge on any atom is 0.258 e. The van der Waals surface area contributed by atoms with Gasteiger partial charge in [0.2, 0.25) is 0 Å². The summed E-state index contributed by atoms with van der Waals surface area (Å²) in [4.78, 5) is 11.9. The minimum absolute atomic E-state index is 0.147. The summed E-state index contributed by atoms with van der Waals surface area (Å²) in [5.41, 5.74) is 0.955. The Labute approximate surface area is 99.7 Å². The van der Waals surface area contributed by atoms with E-state index in [1.807, 2.05) is 6.20 Å². The second kappa shape index (κ2) is 4.32. The first-order valence-electron chi connectivity index (χ1n) is 5.83. The minimum Gasteiger partial charge on any atom is -0.318 e. The highest BCUT2D eigenvalue weighted by molar-refractivity contribution is 5.85. The molecule has 1 unspecified atom stereocenters. The highest BCUT2D eigenvalue weighted by atomic mass is 19.1. The second-order valence-electron chi connectivity index (χ2n) is 4.50. The molecule has 0 amide bonds. The number of hydrogen-bond donors (Lipinski definition) is 0. The largest absolute Gasteiger partial charge is 0.318 e. The molecule has 2 aromatic rings. The van der Waals surface area contributed by atoms with Crippen molar-refractivity contribution in [2.45, 2.75) is 26.2 Å². The van der Waals surface area contributed by atoms with E-state index < -0.39 is 0 Å². The highest BCUT2D eigenvalue weighted by Crippen LogP contribution is 2.25. The molecule has 3 heteroatoms. The van der Waals surface area contributed by atoms with Crippen LogP contribution in [0.3, 0.4) is 0 Å². The Morgan fingerprint density at radius 3 is 2.71 bits per heavy atom. The quantitative estimate of drug-likeness (QED) is 0.780. The first-order chi connectivity index (χ1) is 8.04. The summed E-state index contributed by atoms with van der Waals surface area (Å²) in [7, 11) is 1.71. The zero-order valence-electron chi connectivity index (χ0n) is 10.3. The van der Waals surface area contributed by atoms with Gasteiger partial charge in [0.15, 0.2) is 0 Å². The van der Waals surface area contributed by atoms with Crippen molar-refractivity contribution in [1.82, 2.24) is 4.57 Å². The molecule has 1 heterocycles. The number of fused-ring (bicyclic) bond motifs is 1. The fourth-order valence-electron chi connectivity index (χ4n) is 2.08. The fourth-order valence-corrected chi connectivity index (χ4v) is 2.08. The van der Waals surface area contributed by atoms with E-state index in [4.69, 9.17) is 0 Å². The number of aromatic nitrogens is 1. The van der Waals surface area contributed by atoms with Gasteiger partial charge in [-0.1, -0.05) is 19.9 Å². The first kappa shape index (κ1) is 11.8. The van der Waals surface area contributed by atoms with Crippen molar-refractivity contribution in [1.29, 1.82) is 0 Å². The first-order valence-corrected chi connectivity index (χ1v) is 5.83. The van der Waals surface area contributed by atoms with Gasteiger partial charge in [-0.3, -0.25) is 4.79 Å². The van der Waals surface area contributed by atoms with Gasteiger partial charge in [-0.2, -0.15) is 0 Å². The molecule has 1 aromatic carbocycles. The summed E-state index contributed by atoms with van der Waals surface area (Å²) in [6, 6.07) is 4.44. The van der Waals surface area contributed by atoms with Gasteiger partial charge in [-0.05, 0) is 35.4 Å². The van der Waals surface area contributed by atoms with Crippen LogP contribution in [0, 0.1) is 5.82 Å². The maximum atomic E-state index is 13.2. The summed E-state index contributed by atoms with van der Waals surface area (Å²) in [5.74, 6) is -0.00865. The van der Waals surface area contributed by atoms with Crippen molar-refractivity contribution in [3.05, 3.63) is 46.1 Å². The van der Waals surface area contributed by atoms with Crippen LogP contribution in [-0.4, -0.2) is 4.57 Å². The number of benzene rings is 1. The molecule has 2 nitrogen and oxygen atoms in total.